The van der Waals surface area contributed by atoms with E-state index < -0.39 is 0 Å². The van der Waals surface area contributed by atoms with Crippen molar-refractivity contribution in [1.29, 1.82) is 0 Å². The first-order valence-corrected chi connectivity index (χ1v) is 6.17. The summed E-state index contributed by atoms with van der Waals surface area (Å²) in [6.45, 7) is 1.86. The van der Waals surface area contributed by atoms with Crippen molar-refractivity contribution in [2.75, 3.05) is 13.1 Å². The van der Waals surface area contributed by atoms with Crippen LogP contribution in [0.2, 0.25) is 0 Å². The summed E-state index contributed by atoms with van der Waals surface area (Å²) in [5.74, 6) is 0.257. The van der Waals surface area contributed by atoms with E-state index in [1.165, 1.54) is 5.39 Å². The fourth-order valence-electron chi connectivity index (χ4n) is 2.52. The van der Waals surface area contributed by atoms with Crippen molar-refractivity contribution in [3.05, 3.63) is 36.0 Å². The Hall–Kier alpha value is -1.77. The van der Waals surface area contributed by atoms with Crippen molar-refractivity contribution in [2.24, 2.45) is 0 Å². The lowest BCUT2D eigenvalue weighted by molar-refractivity contribution is -0.129. The third-order valence-corrected chi connectivity index (χ3v) is 3.48. The van der Waals surface area contributed by atoms with Crippen LogP contribution >= 0.6 is 0 Å². The third kappa shape index (κ3) is 1.93. The molecule has 1 aliphatic heterocycles. The number of nitrogens with zero attached hydrogens (tertiary/aromatic N) is 1. The lowest BCUT2D eigenvalue weighted by Gasteiger charge is -2.14. The summed E-state index contributed by atoms with van der Waals surface area (Å²) >= 11 is 0. The molecule has 3 rings (SSSR count). The number of nitrogens with one attached hydrogen (secondary N) is 1. The maximum Gasteiger partial charge on any atom is 0.227 e. The SMILES string of the molecule is O=C(Cc1c[nH]c2ccccc12)N1CCCC1. The van der Waals surface area contributed by atoms with E-state index in [9.17, 15) is 4.79 Å². The minimum atomic E-state index is 0.257. The molecule has 0 bridgehead atoms. The van der Waals surface area contributed by atoms with Crippen LogP contribution in [0.25, 0.3) is 10.9 Å². The first-order chi connectivity index (χ1) is 8.34. The highest BCUT2D eigenvalue weighted by atomic mass is 16.2. The summed E-state index contributed by atoms with van der Waals surface area (Å²) in [5, 5.41) is 1.17. The largest absolute Gasteiger partial charge is 0.361 e. The quantitative estimate of drug-likeness (QED) is 0.841. The van der Waals surface area contributed by atoms with Gasteiger partial charge in [-0.3, -0.25) is 4.79 Å². The predicted octanol–water partition coefficient (Wildman–Crippen LogP) is 2.33. The van der Waals surface area contributed by atoms with Gasteiger partial charge in [0.05, 0.1) is 6.42 Å². The highest BCUT2D eigenvalue weighted by Gasteiger charge is 2.18. The number of likely N-dealkylation sites (tertiary alicyclic amines) is 1. The molecule has 1 aromatic heterocycles. The molecule has 1 saturated heterocycles. The van der Waals surface area contributed by atoms with Gasteiger partial charge in [-0.25, -0.2) is 0 Å². The smallest absolute Gasteiger partial charge is 0.227 e. The molecular formula is C14H16N2O. The Morgan fingerprint density at radius 1 is 1.24 bits per heavy atom. The van der Waals surface area contributed by atoms with Crippen molar-refractivity contribution in [3.8, 4) is 0 Å². The van der Waals surface area contributed by atoms with Crippen LogP contribution in [-0.4, -0.2) is 28.9 Å². The second-order valence-corrected chi connectivity index (χ2v) is 4.62. The van der Waals surface area contributed by atoms with Crippen LogP contribution in [0.1, 0.15) is 18.4 Å². The molecule has 0 unspecified atom stereocenters. The second-order valence-electron chi connectivity index (χ2n) is 4.62. The van der Waals surface area contributed by atoms with E-state index in [-0.39, 0.29) is 5.91 Å². The number of benzene rings is 1. The molecule has 1 aromatic carbocycles. The van der Waals surface area contributed by atoms with Gasteiger partial charge in [0.15, 0.2) is 0 Å². The molecule has 0 saturated carbocycles. The van der Waals surface area contributed by atoms with E-state index in [1.807, 2.05) is 29.3 Å². The topological polar surface area (TPSA) is 36.1 Å². The average Bonchev–Trinajstić information content (AvgIpc) is 2.98. The molecule has 1 fully saturated rings. The van der Waals surface area contributed by atoms with Crippen molar-refractivity contribution >= 4 is 16.8 Å². The van der Waals surface area contributed by atoms with Crippen molar-refractivity contribution in [1.82, 2.24) is 9.88 Å². The molecule has 1 amide bonds. The number of amides is 1. The summed E-state index contributed by atoms with van der Waals surface area (Å²) in [7, 11) is 0. The van der Waals surface area contributed by atoms with Crippen LogP contribution in [0.5, 0.6) is 0 Å². The molecule has 88 valence electrons. The Morgan fingerprint density at radius 3 is 2.82 bits per heavy atom. The number of fused-ring (bicyclic) bond motifs is 1. The molecule has 0 aliphatic carbocycles. The van der Waals surface area contributed by atoms with Gasteiger partial charge in [-0.05, 0) is 24.5 Å². The zero-order chi connectivity index (χ0) is 11.7. The molecule has 0 atom stereocenters. The van der Waals surface area contributed by atoms with Crippen molar-refractivity contribution in [2.45, 2.75) is 19.3 Å². The minimum absolute atomic E-state index is 0.257. The monoisotopic (exact) mass is 228 g/mol. The number of rotatable bonds is 2. The first kappa shape index (κ1) is 10.4. The molecule has 3 nitrogen and oxygen atoms in total. The Kier molecular flexibility index (Phi) is 2.59. The van der Waals surface area contributed by atoms with Gasteiger partial charge in [0, 0.05) is 30.2 Å². The number of para-hydroxylation sites is 1. The van der Waals surface area contributed by atoms with E-state index in [0.29, 0.717) is 6.42 Å². The zero-order valence-electron chi connectivity index (χ0n) is 9.78. The average molecular weight is 228 g/mol. The summed E-state index contributed by atoms with van der Waals surface area (Å²) in [5.41, 5.74) is 2.22. The second kappa shape index (κ2) is 4.24. The molecule has 2 heterocycles. The van der Waals surface area contributed by atoms with Crippen LogP contribution in [-0.2, 0) is 11.2 Å². The van der Waals surface area contributed by atoms with Gasteiger partial charge in [0.1, 0.15) is 0 Å². The number of aromatic amines is 1. The van der Waals surface area contributed by atoms with Gasteiger partial charge in [0.25, 0.3) is 0 Å². The Morgan fingerprint density at radius 2 is 2.00 bits per heavy atom. The summed E-state index contributed by atoms with van der Waals surface area (Å²) in [6.07, 6.45) is 4.78. The molecular weight excluding hydrogens is 212 g/mol. The van der Waals surface area contributed by atoms with Crippen LogP contribution in [0.3, 0.4) is 0 Å². The number of hydrogen-bond acceptors (Lipinski definition) is 1. The Balaban J connectivity index is 1.82. The molecule has 1 aliphatic rings. The van der Waals surface area contributed by atoms with E-state index in [0.717, 1.165) is 37.0 Å². The van der Waals surface area contributed by atoms with Crippen LogP contribution < -0.4 is 0 Å². The summed E-state index contributed by atoms with van der Waals surface area (Å²) in [4.78, 5) is 17.3. The number of H-pyrrole nitrogens is 1. The van der Waals surface area contributed by atoms with Crippen molar-refractivity contribution in [3.63, 3.8) is 0 Å². The fraction of sp³-hybridized carbons (Fsp3) is 0.357. The zero-order valence-corrected chi connectivity index (χ0v) is 9.78. The Labute approximate surface area is 100 Å². The number of carbonyl (C=O) groups excluding carboxylic acids is 1. The van der Waals surface area contributed by atoms with E-state index >= 15 is 0 Å². The Bertz CT molecular complexity index is 538. The lowest BCUT2D eigenvalue weighted by atomic mass is 10.1. The van der Waals surface area contributed by atoms with Gasteiger partial charge in [0.2, 0.25) is 5.91 Å². The predicted molar refractivity (Wildman–Crippen MR) is 67.8 cm³/mol. The van der Waals surface area contributed by atoms with Crippen molar-refractivity contribution < 1.29 is 4.79 Å². The summed E-state index contributed by atoms with van der Waals surface area (Å²) in [6, 6.07) is 8.13. The van der Waals surface area contributed by atoms with E-state index in [4.69, 9.17) is 0 Å². The molecule has 17 heavy (non-hydrogen) atoms. The highest BCUT2D eigenvalue weighted by Crippen LogP contribution is 2.19. The third-order valence-electron chi connectivity index (χ3n) is 3.48. The van der Waals surface area contributed by atoms with Gasteiger partial charge < -0.3 is 9.88 Å². The van der Waals surface area contributed by atoms with Gasteiger partial charge in [-0.2, -0.15) is 0 Å². The molecule has 0 radical (unpaired) electrons. The maximum absolute atomic E-state index is 12.1. The number of carbonyl (C=O) groups is 1. The first-order valence-electron chi connectivity index (χ1n) is 6.17. The maximum atomic E-state index is 12.1. The fourth-order valence-corrected chi connectivity index (χ4v) is 2.52. The number of hydrogen-bond donors (Lipinski definition) is 1. The van der Waals surface area contributed by atoms with E-state index in [2.05, 4.69) is 11.1 Å². The lowest BCUT2D eigenvalue weighted by Crippen LogP contribution is -2.28. The molecule has 0 spiro atoms. The van der Waals surface area contributed by atoms with Gasteiger partial charge in [-0.15, -0.1) is 0 Å². The molecule has 1 N–H and O–H groups in total. The standard InChI is InChI=1S/C14H16N2O/c17-14(16-7-3-4-8-16)9-11-10-15-13-6-2-1-5-12(11)13/h1-2,5-6,10,15H,3-4,7-9H2. The van der Waals surface area contributed by atoms with E-state index in [1.54, 1.807) is 0 Å². The molecule has 2 aromatic rings. The van der Waals surface area contributed by atoms with Gasteiger partial charge in [-0.1, -0.05) is 18.2 Å². The highest BCUT2D eigenvalue weighted by molar-refractivity contribution is 5.88. The normalized spacial score (nSPS) is 15.6. The van der Waals surface area contributed by atoms with Crippen LogP contribution in [0, 0.1) is 0 Å². The van der Waals surface area contributed by atoms with Gasteiger partial charge >= 0.3 is 0 Å². The minimum Gasteiger partial charge on any atom is -0.361 e. The van der Waals surface area contributed by atoms with Crippen LogP contribution in [0.15, 0.2) is 30.5 Å². The van der Waals surface area contributed by atoms with Crippen LogP contribution in [0.4, 0.5) is 0 Å². The summed E-state index contributed by atoms with van der Waals surface area (Å²) < 4.78 is 0. The molecule has 3 heteroatoms. The number of aromatic nitrogens is 1.